The summed E-state index contributed by atoms with van der Waals surface area (Å²) in [4.78, 5) is 65.7. The van der Waals surface area contributed by atoms with Gasteiger partial charge in [0.1, 0.15) is 49.1 Å². The highest BCUT2D eigenvalue weighted by atomic mass is 31.2. The van der Waals surface area contributed by atoms with Crippen molar-refractivity contribution >= 4 is 44.0 Å². The number of imidazole rings is 1. The Morgan fingerprint density at radius 3 is 2.14 bits per heavy atom. The summed E-state index contributed by atoms with van der Waals surface area (Å²) in [6, 6.07) is 17.4. The molecule has 22 nitrogen and oxygen atoms in total. The number of carbonyl (C=O) groups is 1. The highest BCUT2D eigenvalue weighted by Crippen LogP contribution is 2.47. The van der Waals surface area contributed by atoms with Crippen LogP contribution in [0.15, 0.2) is 88.0 Å². The number of rotatable bonds is 22. The average Bonchev–Trinajstić information content (AvgIpc) is 4.08. The molecule has 0 radical (unpaired) electrons. The van der Waals surface area contributed by atoms with E-state index in [4.69, 9.17) is 37.3 Å². The number of nitrogens with zero attached hydrogens (tertiary/aromatic N) is 9. The zero-order valence-electron chi connectivity index (χ0n) is 42.6. The third-order valence-electron chi connectivity index (χ3n) is 11.7. The first-order chi connectivity index (χ1) is 34.8. The Hall–Kier alpha value is -6.60. The molecule has 0 saturated carbocycles. The number of hydrogen-bond acceptors (Lipinski definition) is 18. The van der Waals surface area contributed by atoms with Gasteiger partial charge >= 0.3 is 20.3 Å². The van der Waals surface area contributed by atoms with Crippen LogP contribution in [0.25, 0.3) is 11.2 Å². The van der Waals surface area contributed by atoms with E-state index in [-0.39, 0.29) is 73.0 Å². The van der Waals surface area contributed by atoms with E-state index in [1.54, 1.807) is 35.7 Å². The van der Waals surface area contributed by atoms with E-state index in [1.807, 2.05) is 43.3 Å². The van der Waals surface area contributed by atoms with Gasteiger partial charge in [0, 0.05) is 32.6 Å². The number of nitriles is 1. The molecule has 2 N–H and O–H groups in total. The number of hydrogen-bond donors (Lipinski definition) is 2. The summed E-state index contributed by atoms with van der Waals surface area (Å²) in [5.74, 6) is 0.570. The van der Waals surface area contributed by atoms with Crippen molar-refractivity contribution in [1.29, 1.82) is 5.26 Å². The smallest absolute Gasteiger partial charge is 0.354 e. The standard InChI is InChI=1S/C50H64N11O11P/c1-11-36-38(24-41(69-36)61-30-54-46(58-48(61)64)53-28-59(9)10)72-73(67-22-12-21-51)68-26-39-37(71-42(62)27-66-35-19-15-33(16-20-35)50(6,7)8)23-40(70-39)60-29-52-43-44(60)56-47(57-45(43)63)55-31(2)25-65-34-17-13-32(14-18-34)49(3,4)5/h13-20,28-30,36-41H,2,11-12,22-27H2,1,3-10H3,(H2,55,56,57,63)/t36-,37?,38?,39-,40-,41-,73?/m1/s1. The zero-order valence-corrected chi connectivity index (χ0v) is 43.5. The number of aliphatic imine (C=N–C) groups is 1. The summed E-state index contributed by atoms with van der Waals surface area (Å²) in [5.41, 5.74) is 1.73. The number of anilines is 1. The molecule has 7 rings (SSSR count). The van der Waals surface area contributed by atoms with Gasteiger partial charge in [-0.15, -0.1) is 0 Å². The third kappa shape index (κ3) is 14.6. The predicted molar refractivity (Wildman–Crippen MR) is 271 cm³/mol. The van der Waals surface area contributed by atoms with Crippen molar-refractivity contribution in [3.63, 3.8) is 0 Å². The Balaban J connectivity index is 1.07. The Bertz CT molecular complexity index is 2870. The van der Waals surface area contributed by atoms with Gasteiger partial charge in [0.2, 0.25) is 5.95 Å². The molecule has 3 aromatic heterocycles. The number of carbonyl (C=O) groups excluding carboxylic acids is 1. The molecule has 2 fully saturated rings. The van der Waals surface area contributed by atoms with Crippen LogP contribution < -0.4 is 26.0 Å². The van der Waals surface area contributed by atoms with E-state index in [2.05, 4.69) is 89.4 Å². The molecular weight excluding hydrogens is 962 g/mol. The molecule has 390 valence electrons. The van der Waals surface area contributed by atoms with Crippen LogP contribution in [0.4, 0.5) is 11.9 Å². The lowest BCUT2D eigenvalue weighted by Gasteiger charge is -2.25. The number of esters is 1. The molecule has 0 amide bonds. The van der Waals surface area contributed by atoms with Crippen LogP contribution in [0.3, 0.4) is 0 Å². The fourth-order valence-electron chi connectivity index (χ4n) is 7.78. The lowest BCUT2D eigenvalue weighted by Crippen LogP contribution is -2.32. The van der Waals surface area contributed by atoms with Crippen molar-refractivity contribution in [3.8, 4) is 17.6 Å². The first-order valence-electron chi connectivity index (χ1n) is 23.9. The molecule has 3 unspecified atom stereocenters. The first-order valence-corrected chi connectivity index (χ1v) is 25.0. The molecule has 0 bridgehead atoms. The van der Waals surface area contributed by atoms with Crippen molar-refractivity contribution in [1.82, 2.24) is 39.0 Å². The van der Waals surface area contributed by atoms with Gasteiger partial charge in [-0.1, -0.05) is 79.3 Å². The Labute approximate surface area is 424 Å². The summed E-state index contributed by atoms with van der Waals surface area (Å²) in [6.45, 7) is 18.2. The number of benzene rings is 2. The van der Waals surface area contributed by atoms with Gasteiger partial charge in [0.05, 0.1) is 50.6 Å². The summed E-state index contributed by atoms with van der Waals surface area (Å²) in [7, 11) is 1.38. The Morgan fingerprint density at radius 2 is 1.52 bits per heavy atom. The quantitative estimate of drug-likeness (QED) is 0.0230. The van der Waals surface area contributed by atoms with Crippen LogP contribution in [-0.4, -0.2) is 116 Å². The third-order valence-corrected chi connectivity index (χ3v) is 12.9. The van der Waals surface area contributed by atoms with Crippen LogP contribution in [-0.2, 0) is 43.4 Å². The Kier molecular flexibility index (Phi) is 17.8. The van der Waals surface area contributed by atoms with Gasteiger partial charge in [0.15, 0.2) is 17.8 Å². The van der Waals surface area contributed by atoms with Crippen LogP contribution in [0.1, 0.15) is 97.7 Å². The molecule has 0 aliphatic carbocycles. The largest absolute Gasteiger partial charge is 0.487 e. The molecule has 2 aromatic carbocycles. The molecule has 73 heavy (non-hydrogen) atoms. The maximum absolute atomic E-state index is 13.5. The normalized spacial score (nSPS) is 20.5. The lowest BCUT2D eigenvalue weighted by atomic mass is 9.87. The van der Waals surface area contributed by atoms with E-state index in [9.17, 15) is 19.6 Å². The zero-order chi connectivity index (χ0) is 52.5. The molecule has 0 spiro atoms. The van der Waals surface area contributed by atoms with Gasteiger partial charge < -0.3 is 47.5 Å². The van der Waals surface area contributed by atoms with E-state index < -0.39 is 69.3 Å². The Morgan fingerprint density at radius 1 is 0.904 bits per heavy atom. The minimum atomic E-state index is -2.18. The first kappa shape index (κ1) is 54.2. The molecule has 2 saturated heterocycles. The van der Waals surface area contributed by atoms with Gasteiger partial charge in [-0.25, -0.2) is 24.5 Å². The molecule has 5 heterocycles. The van der Waals surface area contributed by atoms with E-state index in [0.717, 1.165) is 5.56 Å². The number of ether oxygens (including phenoxy) is 5. The predicted octanol–water partition coefficient (Wildman–Crippen LogP) is 7.13. The van der Waals surface area contributed by atoms with Gasteiger partial charge in [0.25, 0.3) is 11.5 Å². The second-order valence-corrected chi connectivity index (χ2v) is 20.9. The monoisotopic (exact) mass is 1030 g/mol. The molecule has 5 aromatic rings. The molecular formula is C50H64N11O11P. The number of aromatic amines is 1. The van der Waals surface area contributed by atoms with Crippen molar-refractivity contribution in [2.75, 3.05) is 45.8 Å². The summed E-state index contributed by atoms with van der Waals surface area (Å²) in [5, 5.41) is 12.4. The molecule has 2 aliphatic rings. The maximum Gasteiger partial charge on any atom is 0.354 e. The fourth-order valence-corrected chi connectivity index (χ4v) is 8.93. The fraction of sp³-hybridized carbons (Fsp3) is 0.500. The molecule has 23 heteroatoms. The topological polar surface area (TPSA) is 254 Å². The van der Waals surface area contributed by atoms with Gasteiger partial charge in [-0.3, -0.25) is 18.9 Å². The van der Waals surface area contributed by atoms with E-state index in [1.165, 1.54) is 29.1 Å². The molecule has 2 aliphatic heterocycles. The highest BCUT2D eigenvalue weighted by molar-refractivity contribution is 7.41. The van der Waals surface area contributed by atoms with E-state index >= 15 is 0 Å². The second kappa shape index (κ2) is 24.0. The van der Waals surface area contributed by atoms with Crippen LogP contribution >= 0.6 is 8.60 Å². The minimum Gasteiger partial charge on any atom is -0.487 e. The number of nitrogens with one attached hydrogen (secondary N) is 2. The second-order valence-electron chi connectivity index (χ2n) is 19.7. The van der Waals surface area contributed by atoms with Gasteiger partial charge in [-0.05, 0) is 52.6 Å². The van der Waals surface area contributed by atoms with Crippen LogP contribution in [0.5, 0.6) is 11.5 Å². The summed E-state index contributed by atoms with van der Waals surface area (Å²) >= 11 is 0. The van der Waals surface area contributed by atoms with Crippen LogP contribution in [0, 0.1) is 11.3 Å². The number of H-pyrrole nitrogens is 1. The average molecular weight is 1030 g/mol. The van der Waals surface area contributed by atoms with Crippen LogP contribution in [0.2, 0.25) is 0 Å². The summed E-state index contributed by atoms with van der Waals surface area (Å²) < 4.78 is 52.2. The SMILES string of the molecule is C=C(COc1ccc(C(C)(C)C)cc1)Nc1nc2c(ncn2[C@H]2CC(OC(=O)COc3ccc(C(C)(C)C)cc3)[C@@H](COP(OCCC#N)OC3C[C@H](n4cnc(N=CN(C)C)nc4=O)O[C@@H]3CC)O2)c(=O)[nH]1. The number of aromatic nitrogens is 7. The maximum atomic E-state index is 13.5. The highest BCUT2D eigenvalue weighted by Gasteiger charge is 2.43. The molecule has 7 atom stereocenters. The lowest BCUT2D eigenvalue weighted by molar-refractivity contribution is -0.155. The van der Waals surface area contributed by atoms with Crippen molar-refractivity contribution < 1.29 is 42.1 Å². The number of fused-ring (bicyclic) bond motifs is 1. The summed E-state index contributed by atoms with van der Waals surface area (Å²) in [6.07, 6.45) is 0.564. The minimum absolute atomic E-state index is 0.00374. The van der Waals surface area contributed by atoms with Crippen molar-refractivity contribution in [2.45, 2.75) is 122 Å². The van der Waals surface area contributed by atoms with Crippen molar-refractivity contribution in [3.05, 3.63) is 105 Å². The van der Waals surface area contributed by atoms with E-state index in [0.29, 0.717) is 23.6 Å². The van der Waals surface area contributed by atoms with Crippen molar-refractivity contribution in [2.24, 2.45) is 4.99 Å². The van der Waals surface area contributed by atoms with Gasteiger partial charge in [-0.2, -0.15) is 15.2 Å².